The SMILES string of the molecule is CCNC(=O)N1CCC(C(c2ccc(F)cc2)c2ccc(F)cc2)CC1. The van der Waals surface area contributed by atoms with Crippen LogP contribution in [0.1, 0.15) is 36.8 Å². The molecule has 0 atom stereocenters. The second kappa shape index (κ2) is 8.30. The zero-order valence-electron chi connectivity index (χ0n) is 14.9. The van der Waals surface area contributed by atoms with Crippen molar-refractivity contribution in [3.8, 4) is 0 Å². The summed E-state index contributed by atoms with van der Waals surface area (Å²) in [6.07, 6.45) is 1.72. The van der Waals surface area contributed by atoms with E-state index in [2.05, 4.69) is 5.32 Å². The average Bonchev–Trinajstić information content (AvgIpc) is 2.66. The van der Waals surface area contributed by atoms with Crippen molar-refractivity contribution in [1.82, 2.24) is 10.2 Å². The number of nitrogens with zero attached hydrogens (tertiary/aromatic N) is 1. The van der Waals surface area contributed by atoms with Gasteiger partial charge in [0.25, 0.3) is 0 Å². The second-order valence-corrected chi connectivity index (χ2v) is 6.74. The van der Waals surface area contributed by atoms with Gasteiger partial charge in [-0.2, -0.15) is 0 Å². The molecule has 26 heavy (non-hydrogen) atoms. The smallest absolute Gasteiger partial charge is 0.317 e. The molecule has 1 saturated heterocycles. The van der Waals surface area contributed by atoms with Gasteiger partial charge in [-0.25, -0.2) is 13.6 Å². The fourth-order valence-electron chi connectivity index (χ4n) is 3.78. The van der Waals surface area contributed by atoms with E-state index in [9.17, 15) is 13.6 Å². The van der Waals surface area contributed by atoms with Gasteiger partial charge in [0.15, 0.2) is 0 Å². The molecule has 2 aromatic carbocycles. The van der Waals surface area contributed by atoms with Gasteiger partial charge in [-0.15, -0.1) is 0 Å². The first kappa shape index (κ1) is 18.4. The van der Waals surface area contributed by atoms with E-state index in [0.29, 0.717) is 25.6 Å². The lowest BCUT2D eigenvalue weighted by atomic mass is 9.76. The molecule has 0 spiro atoms. The quantitative estimate of drug-likeness (QED) is 0.855. The summed E-state index contributed by atoms with van der Waals surface area (Å²) in [6, 6.07) is 13.1. The predicted octanol–water partition coefficient (Wildman–Crippen LogP) is 4.54. The van der Waals surface area contributed by atoms with Crippen LogP contribution in [0.15, 0.2) is 48.5 Å². The van der Waals surface area contributed by atoms with Gasteiger partial charge in [0.2, 0.25) is 0 Å². The Morgan fingerprint density at radius 2 is 1.46 bits per heavy atom. The van der Waals surface area contributed by atoms with Crippen molar-refractivity contribution in [2.45, 2.75) is 25.7 Å². The van der Waals surface area contributed by atoms with E-state index in [1.807, 2.05) is 11.8 Å². The fourth-order valence-corrected chi connectivity index (χ4v) is 3.78. The summed E-state index contributed by atoms with van der Waals surface area (Å²) < 4.78 is 26.7. The standard InChI is InChI=1S/C21H24F2N2O/c1-2-24-21(26)25-13-11-17(12-14-25)20(15-3-7-18(22)8-4-15)16-5-9-19(23)10-6-16/h3-10,17,20H,2,11-14H2,1H3,(H,24,26). The summed E-state index contributed by atoms with van der Waals surface area (Å²) in [6.45, 7) is 3.90. The van der Waals surface area contributed by atoms with Crippen molar-refractivity contribution >= 4 is 6.03 Å². The van der Waals surface area contributed by atoms with Crippen LogP contribution in [0.2, 0.25) is 0 Å². The van der Waals surface area contributed by atoms with Gasteiger partial charge >= 0.3 is 6.03 Å². The van der Waals surface area contributed by atoms with Crippen LogP contribution in [0.5, 0.6) is 0 Å². The Labute approximate surface area is 153 Å². The average molecular weight is 358 g/mol. The lowest BCUT2D eigenvalue weighted by Gasteiger charge is -2.36. The zero-order valence-corrected chi connectivity index (χ0v) is 14.9. The molecule has 0 aliphatic carbocycles. The topological polar surface area (TPSA) is 32.3 Å². The predicted molar refractivity (Wildman–Crippen MR) is 98.0 cm³/mol. The van der Waals surface area contributed by atoms with Gasteiger partial charge in [-0.1, -0.05) is 24.3 Å². The Balaban J connectivity index is 1.81. The van der Waals surface area contributed by atoms with Crippen LogP contribution in [-0.4, -0.2) is 30.6 Å². The molecule has 0 bridgehead atoms. The number of piperidine rings is 1. The van der Waals surface area contributed by atoms with Crippen molar-refractivity contribution < 1.29 is 13.6 Å². The van der Waals surface area contributed by atoms with Crippen LogP contribution in [0.4, 0.5) is 13.6 Å². The maximum absolute atomic E-state index is 13.4. The van der Waals surface area contributed by atoms with E-state index in [-0.39, 0.29) is 23.6 Å². The number of nitrogens with one attached hydrogen (secondary N) is 1. The number of carbonyl (C=O) groups is 1. The van der Waals surface area contributed by atoms with Gasteiger partial charge in [-0.05, 0) is 61.1 Å². The number of halogens is 2. The first-order chi connectivity index (χ1) is 12.6. The summed E-state index contributed by atoms with van der Waals surface area (Å²) in [5.41, 5.74) is 2.05. The number of amides is 2. The maximum Gasteiger partial charge on any atom is 0.317 e. The summed E-state index contributed by atoms with van der Waals surface area (Å²) in [5, 5.41) is 2.84. The molecule has 1 N–H and O–H groups in total. The molecule has 1 aliphatic rings. The van der Waals surface area contributed by atoms with Crippen LogP contribution >= 0.6 is 0 Å². The minimum atomic E-state index is -0.266. The molecule has 5 heteroatoms. The molecule has 3 rings (SSSR count). The zero-order chi connectivity index (χ0) is 18.5. The molecule has 0 radical (unpaired) electrons. The van der Waals surface area contributed by atoms with E-state index in [1.165, 1.54) is 24.3 Å². The van der Waals surface area contributed by atoms with Crippen LogP contribution in [0.3, 0.4) is 0 Å². The van der Waals surface area contributed by atoms with E-state index >= 15 is 0 Å². The third-order valence-electron chi connectivity index (χ3n) is 5.08. The van der Waals surface area contributed by atoms with E-state index in [0.717, 1.165) is 24.0 Å². The Kier molecular flexibility index (Phi) is 5.86. The number of likely N-dealkylation sites (tertiary alicyclic amines) is 1. The van der Waals surface area contributed by atoms with Crippen LogP contribution in [0, 0.1) is 17.6 Å². The number of benzene rings is 2. The first-order valence-corrected chi connectivity index (χ1v) is 9.12. The van der Waals surface area contributed by atoms with Crippen molar-refractivity contribution in [3.63, 3.8) is 0 Å². The fraction of sp³-hybridized carbons (Fsp3) is 0.381. The maximum atomic E-state index is 13.4. The van der Waals surface area contributed by atoms with Gasteiger partial charge in [-0.3, -0.25) is 0 Å². The monoisotopic (exact) mass is 358 g/mol. The lowest BCUT2D eigenvalue weighted by molar-refractivity contribution is 0.166. The molecule has 0 unspecified atom stereocenters. The van der Waals surface area contributed by atoms with Crippen LogP contribution < -0.4 is 5.32 Å². The van der Waals surface area contributed by atoms with Crippen molar-refractivity contribution in [2.24, 2.45) is 5.92 Å². The summed E-state index contributed by atoms with van der Waals surface area (Å²) >= 11 is 0. The highest BCUT2D eigenvalue weighted by Gasteiger charge is 2.30. The summed E-state index contributed by atoms with van der Waals surface area (Å²) in [7, 11) is 0. The van der Waals surface area contributed by atoms with Gasteiger partial charge in [0, 0.05) is 25.6 Å². The lowest BCUT2D eigenvalue weighted by Crippen LogP contribution is -2.45. The second-order valence-electron chi connectivity index (χ2n) is 6.74. The van der Waals surface area contributed by atoms with Gasteiger partial charge in [0.05, 0.1) is 0 Å². The molecule has 3 nitrogen and oxygen atoms in total. The molecule has 1 fully saturated rings. The molecular weight excluding hydrogens is 334 g/mol. The molecule has 2 amide bonds. The summed E-state index contributed by atoms with van der Waals surface area (Å²) in [4.78, 5) is 13.9. The number of hydrogen-bond acceptors (Lipinski definition) is 1. The molecule has 1 aliphatic heterocycles. The van der Waals surface area contributed by atoms with Gasteiger partial charge in [0.1, 0.15) is 11.6 Å². The van der Waals surface area contributed by atoms with Crippen molar-refractivity contribution in [3.05, 3.63) is 71.3 Å². The minimum absolute atomic E-state index is 0.0222. The molecule has 2 aromatic rings. The largest absolute Gasteiger partial charge is 0.338 e. The van der Waals surface area contributed by atoms with E-state index < -0.39 is 0 Å². The Bertz CT molecular complexity index is 677. The van der Waals surface area contributed by atoms with Crippen molar-refractivity contribution in [2.75, 3.05) is 19.6 Å². The Morgan fingerprint density at radius 1 is 1.00 bits per heavy atom. The van der Waals surface area contributed by atoms with E-state index in [1.54, 1.807) is 24.3 Å². The highest BCUT2D eigenvalue weighted by Crippen LogP contribution is 2.38. The Hall–Kier alpha value is -2.43. The van der Waals surface area contributed by atoms with Crippen molar-refractivity contribution in [1.29, 1.82) is 0 Å². The van der Waals surface area contributed by atoms with Gasteiger partial charge < -0.3 is 10.2 Å². The third kappa shape index (κ3) is 4.21. The molecule has 0 aromatic heterocycles. The normalized spacial score (nSPS) is 15.3. The number of hydrogen-bond donors (Lipinski definition) is 1. The summed E-state index contributed by atoms with van der Waals surface area (Å²) in [5.74, 6) is -0.153. The molecule has 0 saturated carbocycles. The van der Waals surface area contributed by atoms with Crippen LogP contribution in [-0.2, 0) is 0 Å². The third-order valence-corrected chi connectivity index (χ3v) is 5.08. The molecular formula is C21H24F2N2O. The Morgan fingerprint density at radius 3 is 1.88 bits per heavy atom. The highest BCUT2D eigenvalue weighted by molar-refractivity contribution is 5.74. The van der Waals surface area contributed by atoms with E-state index in [4.69, 9.17) is 0 Å². The highest BCUT2D eigenvalue weighted by atomic mass is 19.1. The number of carbonyl (C=O) groups excluding carboxylic acids is 1. The number of rotatable bonds is 4. The minimum Gasteiger partial charge on any atom is -0.338 e. The molecule has 138 valence electrons. The van der Waals surface area contributed by atoms with Crippen LogP contribution in [0.25, 0.3) is 0 Å². The first-order valence-electron chi connectivity index (χ1n) is 9.12. The number of urea groups is 1. The molecule has 1 heterocycles.